The smallest absolute Gasteiger partial charge is 0.122 e. The highest BCUT2D eigenvalue weighted by molar-refractivity contribution is 5.53. The number of aromatic hydroxyl groups is 1. The fourth-order valence-corrected chi connectivity index (χ4v) is 2.74. The van der Waals surface area contributed by atoms with Gasteiger partial charge in [-0.05, 0) is 39.5 Å². The van der Waals surface area contributed by atoms with Crippen LogP contribution in [0.5, 0.6) is 5.75 Å². The summed E-state index contributed by atoms with van der Waals surface area (Å²) in [5, 5.41) is 10.8. The molecule has 0 atom stereocenters. The van der Waals surface area contributed by atoms with Gasteiger partial charge in [0.25, 0.3) is 0 Å². The van der Waals surface area contributed by atoms with Crippen molar-refractivity contribution in [2.24, 2.45) is 0 Å². The zero-order valence-corrected chi connectivity index (χ0v) is 15.9. The van der Waals surface area contributed by atoms with Gasteiger partial charge in [0.2, 0.25) is 0 Å². The summed E-state index contributed by atoms with van der Waals surface area (Å²) in [6.07, 6.45) is 4.97. The molecule has 24 heavy (non-hydrogen) atoms. The van der Waals surface area contributed by atoms with Crippen LogP contribution < -0.4 is 0 Å². The molecule has 0 fully saturated rings. The van der Waals surface area contributed by atoms with Crippen molar-refractivity contribution in [3.63, 3.8) is 0 Å². The maximum atomic E-state index is 10.8. The van der Waals surface area contributed by atoms with E-state index in [1.807, 2.05) is 18.2 Å². The Morgan fingerprint density at radius 3 is 2.04 bits per heavy atom. The van der Waals surface area contributed by atoms with Crippen molar-refractivity contribution in [2.45, 2.75) is 58.8 Å². The molecule has 128 valence electrons. The molecule has 1 N–H and O–H groups in total. The van der Waals surface area contributed by atoms with Crippen molar-refractivity contribution in [1.29, 1.82) is 0 Å². The van der Waals surface area contributed by atoms with Crippen LogP contribution in [0, 0.1) is 0 Å². The predicted molar refractivity (Wildman–Crippen MR) is 105 cm³/mol. The molecule has 0 amide bonds. The van der Waals surface area contributed by atoms with Gasteiger partial charge in [0.1, 0.15) is 5.75 Å². The Morgan fingerprint density at radius 1 is 0.875 bits per heavy atom. The maximum Gasteiger partial charge on any atom is 0.122 e. The van der Waals surface area contributed by atoms with E-state index >= 15 is 0 Å². The topological polar surface area (TPSA) is 20.2 Å². The number of allylic oxidation sites excluding steroid dienone is 1. The van der Waals surface area contributed by atoms with E-state index < -0.39 is 0 Å². The molecule has 0 aliphatic rings. The third kappa shape index (κ3) is 4.50. The fourth-order valence-electron chi connectivity index (χ4n) is 2.74. The van der Waals surface area contributed by atoms with E-state index in [-0.39, 0.29) is 10.8 Å². The molecular formula is C23H30O. The molecule has 1 nitrogen and oxygen atoms in total. The standard InChI is InChI=1S/C23H30O/c1-22(2,3)19-15-18(21(24)20(16-19)23(4,5)6)14-10-13-17-11-8-7-9-12-17/h7-13,15-16,24H,14H2,1-6H3/b13-10+. The molecule has 0 spiro atoms. The zero-order valence-electron chi connectivity index (χ0n) is 15.9. The van der Waals surface area contributed by atoms with Crippen LogP contribution in [0.25, 0.3) is 6.08 Å². The summed E-state index contributed by atoms with van der Waals surface area (Å²) >= 11 is 0. The van der Waals surface area contributed by atoms with Crippen LogP contribution in [0.4, 0.5) is 0 Å². The van der Waals surface area contributed by atoms with Crippen molar-refractivity contribution >= 4 is 6.08 Å². The van der Waals surface area contributed by atoms with Crippen LogP contribution in [0.15, 0.2) is 48.5 Å². The Balaban J connectivity index is 2.39. The van der Waals surface area contributed by atoms with E-state index in [4.69, 9.17) is 0 Å². The molecule has 2 aromatic rings. The van der Waals surface area contributed by atoms with Crippen LogP contribution in [-0.4, -0.2) is 5.11 Å². The summed E-state index contributed by atoms with van der Waals surface area (Å²) in [6.45, 7) is 13.1. The Hall–Kier alpha value is -2.02. The highest BCUT2D eigenvalue weighted by Gasteiger charge is 2.24. The quantitative estimate of drug-likeness (QED) is 0.709. The van der Waals surface area contributed by atoms with Crippen LogP contribution in [-0.2, 0) is 17.3 Å². The lowest BCUT2D eigenvalue weighted by molar-refractivity contribution is 0.439. The van der Waals surface area contributed by atoms with E-state index in [1.165, 1.54) is 11.1 Å². The third-order valence-electron chi connectivity index (χ3n) is 4.31. The third-order valence-corrected chi connectivity index (χ3v) is 4.31. The molecular weight excluding hydrogens is 292 g/mol. The first-order valence-electron chi connectivity index (χ1n) is 8.67. The molecule has 0 aliphatic heterocycles. The van der Waals surface area contributed by atoms with Crippen molar-refractivity contribution in [3.05, 3.63) is 70.8 Å². The molecule has 1 heteroatoms. The van der Waals surface area contributed by atoms with E-state index in [1.54, 1.807) is 0 Å². The number of hydrogen-bond donors (Lipinski definition) is 1. The number of hydrogen-bond acceptors (Lipinski definition) is 1. The van der Waals surface area contributed by atoms with E-state index in [9.17, 15) is 5.11 Å². The molecule has 0 aliphatic carbocycles. The Bertz CT molecular complexity index is 710. The first kappa shape index (κ1) is 18.3. The lowest BCUT2D eigenvalue weighted by Gasteiger charge is -2.27. The Labute approximate surface area is 147 Å². The van der Waals surface area contributed by atoms with Gasteiger partial charge in [-0.2, -0.15) is 0 Å². The van der Waals surface area contributed by atoms with E-state index in [0.717, 1.165) is 17.5 Å². The van der Waals surface area contributed by atoms with Crippen LogP contribution >= 0.6 is 0 Å². The summed E-state index contributed by atoms with van der Waals surface area (Å²) < 4.78 is 0. The Morgan fingerprint density at radius 2 is 1.50 bits per heavy atom. The van der Waals surface area contributed by atoms with Gasteiger partial charge in [-0.15, -0.1) is 0 Å². The molecule has 0 heterocycles. The maximum absolute atomic E-state index is 10.8. The van der Waals surface area contributed by atoms with Gasteiger partial charge in [0.15, 0.2) is 0 Å². The molecule has 2 rings (SSSR count). The van der Waals surface area contributed by atoms with Gasteiger partial charge in [0.05, 0.1) is 0 Å². The first-order valence-corrected chi connectivity index (χ1v) is 8.67. The highest BCUT2D eigenvalue weighted by atomic mass is 16.3. The summed E-state index contributed by atoms with van der Waals surface area (Å²) in [5.41, 5.74) is 4.46. The largest absolute Gasteiger partial charge is 0.507 e. The molecule has 0 aromatic heterocycles. The number of phenolic OH excluding ortho intramolecular Hbond substituents is 1. The van der Waals surface area contributed by atoms with Gasteiger partial charge in [-0.3, -0.25) is 0 Å². The van der Waals surface area contributed by atoms with Gasteiger partial charge in [0, 0.05) is 0 Å². The van der Waals surface area contributed by atoms with Crippen molar-refractivity contribution in [3.8, 4) is 5.75 Å². The summed E-state index contributed by atoms with van der Waals surface area (Å²) in [7, 11) is 0. The second-order valence-electron chi connectivity index (χ2n) is 8.55. The van der Waals surface area contributed by atoms with Gasteiger partial charge in [-0.25, -0.2) is 0 Å². The summed E-state index contributed by atoms with van der Waals surface area (Å²) in [6, 6.07) is 14.6. The Kier molecular flexibility index (Phi) is 5.22. The second-order valence-corrected chi connectivity index (χ2v) is 8.55. The summed E-state index contributed by atoms with van der Waals surface area (Å²) in [5.74, 6) is 0.438. The lowest BCUT2D eigenvalue weighted by Crippen LogP contribution is -2.17. The lowest BCUT2D eigenvalue weighted by atomic mass is 9.78. The van der Waals surface area contributed by atoms with Gasteiger partial charge in [-0.1, -0.05) is 96.2 Å². The van der Waals surface area contributed by atoms with E-state index in [0.29, 0.717) is 5.75 Å². The average Bonchev–Trinajstić information content (AvgIpc) is 2.47. The SMILES string of the molecule is CC(C)(C)c1cc(C/C=C/c2ccccc2)c(O)c(C(C)(C)C)c1. The molecule has 0 saturated heterocycles. The monoisotopic (exact) mass is 322 g/mol. The molecule has 0 radical (unpaired) electrons. The summed E-state index contributed by atoms with van der Waals surface area (Å²) in [4.78, 5) is 0. The highest BCUT2D eigenvalue weighted by Crippen LogP contribution is 2.37. The molecule has 0 bridgehead atoms. The van der Waals surface area contributed by atoms with Crippen LogP contribution in [0.1, 0.15) is 63.8 Å². The minimum Gasteiger partial charge on any atom is -0.507 e. The van der Waals surface area contributed by atoms with E-state index in [2.05, 4.69) is 78.0 Å². The molecule has 2 aromatic carbocycles. The average molecular weight is 322 g/mol. The normalized spacial score (nSPS) is 12.8. The number of benzene rings is 2. The predicted octanol–water partition coefficient (Wildman–Crippen LogP) is 6.24. The van der Waals surface area contributed by atoms with Gasteiger partial charge >= 0.3 is 0 Å². The number of rotatable bonds is 3. The van der Waals surface area contributed by atoms with Crippen LogP contribution in [0.2, 0.25) is 0 Å². The van der Waals surface area contributed by atoms with Crippen LogP contribution in [0.3, 0.4) is 0 Å². The molecule has 0 saturated carbocycles. The fraction of sp³-hybridized carbons (Fsp3) is 0.391. The zero-order chi connectivity index (χ0) is 18.0. The first-order chi connectivity index (χ1) is 11.1. The van der Waals surface area contributed by atoms with Crippen molar-refractivity contribution in [1.82, 2.24) is 0 Å². The minimum atomic E-state index is -0.0801. The van der Waals surface area contributed by atoms with Gasteiger partial charge < -0.3 is 5.11 Å². The second kappa shape index (κ2) is 6.84. The number of phenols is 1. The minimum absolute atomic E-state index is 0.0611. The molecule has 0 unspecified atom stereocenters. The van der Waals surface area contributed by atoms with Crippen molar-refractivity contribution in [2.75, 3.05) is 0 Å². The van der Waals surface area contributed by atoms with Crippen molar-refractivity contribution < 1.29 is 5.11 Å².